The van der Waals surface area contributed by atoms with Crippen LogP contribution in [0.2, 0.25) is 5.02 Å². The van der Waals surface area contributed by atoms with E-state index in [0.717, 1.165) is 67.0 Å². The van der Waals surface area contributed by atoms with Crippen molar-refractivity contribution in [3.63, 3.8) is 0 Å². The van der Waals surface area contributed by atoms with Crippen molar-refractivity contribution >= 4 is 34.4 Å². The molecule has 5 nitrogen and oxygen atoms in total. The maximum atomic E-state index is 6.70. The predicted octanol–water partition coefficient (Wildman–Crippen LogP) is 6.64. The van der Waals surface area contributed by atoms with Crippen LogP contribution in [0.25, 0.3) is 16.8 Å². The number of aromatic nitrogens is 3. The minimum atomic E-state index is 0.649. The molecule has 0 spiro atoms. The van der Waals surface area contributed by atoms with Gasteiger partial charge in [-0.2, -0.15) is 9.61 Å². The Kier molecular flexibility index (Phi) is 6.06. The van der Waals surface area contributed by atoms with Crippen molar-refractivity contribution in [1.82, 2.24) is 14.6 Å². The standard InChI is InChI=1S/C26H29ClN4OS/c1-5-13-30(15-19-11-9-16(2)33-19)26-21-7-6-8-23(21)28-25-24(17(3)29-31(25)26)20-12-10-18(32-4)14-22(20)27/h9-12,14H,5-8,13,15H2,1-4H3. The number of thiophene rings is 1. The van der Waals surface area contributed by atoms with Crippen molar-refractivity contribution < 1.29 is 4.74 Å². The van der Waals surface area contributed by atoms with E-state index in [-0.39, 0.29) is 0 Å². The Morgan fingerprint density at radius 2 is 2.03 bits per heavy atom. The largest absolute Gasteiger partial charge is 0.497 e. The molecule has 0 fully saturated rings. The molecule has 0 radical (unpaired) electrons. The Labute approximate surface area is 204 Å². The van der Waals surface area contributed by atoms with Gasteiger partial charge in [0.15, 0.2) is 5.65 Å². The fourth-order valence-corrected chi connectivity index (χ4v) is 6.04. The molecule has 0 unspecified atom stereocenters. The number of fused-ring (bicyclic) bond motifs is 2. The molecule has 3 aromatic heterocycles. The summed E-state index contributed by atoms with van der Waals surface area (Å²) in [6, 6.07) is 10.3. The second-order valence-corrected chi connectivity index (χ2v) is 10.5. The van der Waals surface area contributed by atoms with E-state index < -0.39 is 0 Å². The lowest BCUT2D eigenvalue weighted by atomic mass is 10.1. The van der Waals surface area contributed by atoms with Crippen LogP contribution in [0.5, 0.6) is 5.75 Å². The molecule has 4 aromatic rings. The molecule has 0 atom stereocenters. The van der Waals surface area contributed by atoms with Crippen LogP contribution in [-0.4, -0.2) is 28.3 Å². The van der Waals surface area contributed by atoms with Crippen molar-refractivity contribution in [2.75, 3.05) is 18.6 Å². The number of hydrogen-bond donors (Lipinski definition) is 0. The Morgan fingerprint density at radius 1 is 1.18 bits per heavy atom. The van der Waals surface area contributed by atoms with E-state index in [9.17, 15) is 0 Å². The molecule has 0 bridgehead atoms. The van der Waals surface area contributed by atoms with Gasteiger partial charge in [0.05, 0.1) is 29.9 Å². The highest BCUT2D eigenvalue weighted by Gasteiger charge is 2.27. The van der Waals surface area contributed by atoms with Crippen molar-refractivity contribution in [2.24, 2.45) is 0 Å². The van der Waals surface area contributed by atoms with Gasteiger partial charge in [-0.05, 0) is 69.9 Å². The number of nitrogens with zero attached hydrogens (tertiary/aromatic N) is 4. The molecule has 3 heterocycles. The Bertz CT molecular complexity index is 1330. The van der Waals surface area contributed by atoms with Gasteiger partial charge in [-0.3, -0.25) is 0 Å². The molecule has 172 valence electrons. The highest BCUT2D eigenvalue weighted by molar-refractivity contribution is 7.11. The summed E-state index contributed by atoms with van der Waals surface area (Å²) >= 11 is 8.57. The third-order valence-electron chi connectivity index (χ3n) is 6.32. The minimum absolute atomic E-state index is 0.649. The van der Waals surface area contributed by atoms with E-state index in [1.54, 1.807) is 7.11 Å². The van der Waals surface area contributed by atoms with Gasteiger partial charge in [0.1, 0.15) is 11.6 Å². The first-order chi connectivity index (χ1) is 16.0. The molecule has 1 aliphatic carbocycles. The molecule has 0 saturated heterocycles. The second-order valence-electron chi connectivity index (χ2n) is 8.69. The van der Waals surface area contributed by atoms with Crippen LogP contribution >= 0.6 is 22.9 Å². The topological polar surface area (TPSA) is 42.7 Å². The van der Waals surface area contributed by atoms with E-state index in [1.807, 2.05) is 36.5 Å². The summed E-state index contributed by atoms with van der Waals surface area (Å²) in [5.41, 5.74) is 6.31. The number of halogens is 1. The summed E-state index contributed by atoms with van der Waals surface area (Å²) in [5, 5.41) is 5.68. The van der Waals surface area contributed by atoms with Gasteiger partial charge in [0.25, 0.3) is 0 Å². The number of benzene rings is 1. The zero-order chi connectivity index (χ0) is 23.1. The van der Waals surface area contributed by atoms with Crippen molar-refractivity contribution in [1.29, 1.82) is 0 Å². The zero-order valence-electron chi connectivity index (χ0n) is 19.6. The number of rotatable bonds is 7. The van der Waals surface area contributed by atoms with Crippen LogP contribution in [0.15, 0.2) is 30.3 Å². The summed E-state index contributed by atoms with van der Waals surface area (Å²) in [4.78, 5) is 10.4. The molecular formula is C26H29ClN4OS. The summed E-state index contributed by atoms with van der Waals surface area (Å²) in [6.45, 7) is 8.31. The van der Waals surface area contributed by atoms with E-state index in [4.69, 9.17) is 26.4 Å². The van der Waals surface area contributed by atoms with E-state index in [0.29, 0.717) is 5.02 Å². The normalized spacial score (nSPS) is 13.0. The van der Waals surface area contributed by atoms with Gasteiger partial charge in [-0.15, -0.1) is 11.3 Å². The molecule has 5 rings (SSSR count). The van der Waals surface area contributed by atoms with Gasteiger partial charge in [0, 0.05) is 33.1 Å². The van der Waals surface area contributed by atoms with Crippen LogP contribution in [0.3, 0.4) is 0 Å². The lowest BCUT2D eigenvalue weighted by Crippen LogP contribution is -2.27. The van der Waals surface area contributed by atoms with Crippen LogP contribution in [-0.2, 0) is 19.4 Å². The molecule has 33 heavy (non-hydrogen) atoms. The first-order valence-corrected chi connectivity index (χ1v) is 12.7. The van der Waals surface area contributed by atoms with Crippen LogP contribution in [0.1, 0.15) is 46.5 Å². The molecule has 0 aliphatic heterocycles. The van der Waals surface area contributed by atoms with Crippen LogP contribution in [0.4, 0.5) is 5.82 Å². The second kappa shape index (κ2) is 8.99. The summed E-state index contributed by atoms with van der Waals surface area (Å²) in [6.07, 6.45) is 4.27. The van der Waals surface area contributed by atoms with Gasteiger partial charge in [-0.1, -0.05) is 18.5 Å². The fraction of sp³-hybridized carbons (Fsp3) is 0.385. The van der Waals surface area contributed by atoms with Crippen LogP contribution in [0, 0.1) is 13.8 Å². The highest BCUT2D eigenvalue weighted by atomic mass is 35.5. The number of aryl methyl sites for hydroxylation is 3. The number of anilines is 1. The van der Waals surface area contributed by atoms with Crippen molar-refractivity contribution in [3.8, 4) is 16.9 Å². The lowest BCUT2D eigenvalue weighted by molar-refractivity contribution is 0.415. The fourth-order valence-electron chi connectivity index (χ4n) is 4.87. The average Bonchev–Trinajstić information content (AvgIpc) is 3.50. The molecule has 0 saturated carbocycles. The first kappa shape index (κ1) is 22.2. The minimum Gasteiger partial charge on any atom is -0.497 e. The van der Waals surface area contributed by atoms with E-state index >= 15 is 0 Å². The SMILES string of the molecule is CCCN(Cc1ccc(C)s1)c1c2c(nc3c(-c4ccc(OC)cc4Cl)c(C)nn13)CCC2. The molecule has 0 amide bonds. The Morgan fingerprint density at radius 3 is 2.73 bits per heavy atom. The lowest BCUT2D eigenvalue weighted by Gasteiger charge is -2.26. The quantitative estimate of drug-likeness (QED) is 0.297. The molecule has 1 aliphatic rings. The summed E-state index contributed by atoms with van der Waals surface area (Å²) < 4.78 is 7.43. The third kappa shape index (κ3) is 4.00. The number of ether oxygens (including phenoxy) is 1. The van der Waals surface area contributed by atoms with Gasteiger partial charge in [-0.25, -0.2) is 4.98 Å². The van der Waals surface area contributed by atoms with Gasteiger partial charge < -0.3 is 9.64 Å². The zero-order valence-corrected chi connectivity index (χ0v) is 21.2. The van der Waals surface area contributed by atoms with E-state index in [1.165, 1.54) is 26.8 Å². The average molecular weight is 481 g/mol. The molecular weight excluding hydrogens is 452 g/mol. The van der Waals surface area contributed by atoms with Crippen molar-refractivity contribution in [2.45, 2.75) is 53.0 Å². The molecule has 7 heteroatoms. The third-order valence-corrected chi connectivity index (χ3v) is 7.62. The summed E-state index contributed by atoms with van der Waals surface area (Å²) in [7, 11) is 1.65. The van der Waals surface area contributed by atoms with Gasteiger partial charge >= 0.3 is 0 Å². The monoisotopic (exact) mass is 480 g/mol. The Hall–Kier alpha value is -2.57. The van der Waals surface area contributed by atoms with Gasteiger partial charge in [0.2, 0.25) is 0 Å². The summed E-state index contributed by atoms with van der Waals surface area (Å²) in [5.74, 6) is 1.94. The highest BCUT2D eigenvalue weighted by Crippen LogP contribution is 2.39. The number of methoxy groups -OCH3 is 1. The van der Waals surface area contributed by atoms with Crippen molar-refractivity contribution in [3.05, 3.63) is 62.1 Å². The number of hydrogen-bond acceptors (Lipinski definition) is 5. The maximum Gasteiger partial charge on any atom is 0.165 e. The van der Waals surface area contributed by atoms with Crippen LogP contribution < -0.4 is 9.64 Å². The Balaban J connectivity index is 1.71. The molecule has 1 aromatic carbocycles. The predicted molar refractivity (Wildman–Crippen MR) is 137 cm³/mol. The maximum absolute atomic E-state index is 6.70. The molecule has 0 N–H and O–H groups in total. The van der Waals surface area contributed by atoms with E-state index in [2.05, 4.69) is 35.4 Å². The first-order valence-electron chi connectivity index (χ1n) is 11.6. The smallest absolute Gasteiger partial charge is 0.165 e.